The zero-order valence-corrected chi connectivity index (χ0v) is 12.9. The molecule has 0 amide bonds. The van der Waals surface area contributed by atoms with Crippen molar-refractivity contribution in [3.05, 3.63) is 60.4 Å². The van der Waals surface area contributed by atoms with Gasteiger partial charge in [0.05, 0.1) is 12.3 Å². The highest BCUT2D eigenvalue weighted by Crippen LogP contribution is 2.29. The molecule has 0 radical (unpaired) electrons. The molecule has 0 saturated carbocycles. The third-order valence-corrected chi connectivity index (χ3v) is 3.81. The van der Waals surface area contributed by atoms with Crippen LogP contribution in [0.15, 0.2) is 54.7 Å². The van der Waals surface area contributed by atoms with Gasteiger partial charge in [0.1, 0.15) is 30.0 Å². The molecule has 0 bridgehead atoms. The molecular formula is C19H17NO3. The van der Waals surface area contributed by atoms with Gasteiger partial charge in [-0.2, -0.15) is 0 Å². The number of hydrogen-bond donors (Lipinski definition) is 0. The van der Waals surface area contributed by atoms with Gasteiger partial charge in [0.15, 0.2) is 0 Å². The molecule has 0 spiro atoms. The molecular weight excluding hydrogens is 290 g/mol. The lowest BCUT2D eigenvalue weighted by Crippen LogP contribution is -2.03. The summed E-state index contributed by atoms with van der Waals surface area (Å²) < 4.78 is 16.8. The average Bonchev–Trinajstić information content (AvgIpc) is 3.39. The van der Waals surface area contributed by atoms with Crippen molar-refractivity contribution in [1.29, 1.82) is 0 Å². The van der Waals surface area contributed by atoms with Crippen LogP contribution < -0.4 is 9.47 Å². The summed E-state index contributed by atoms with van der Waals surface area (Å²) in [5, 5.41) is 2.23. The number of ether oxygens (including phenoxy) is 3. The molecule has 2 aromatic carbocycles. The summed E-state index contributed by atoms with van der Waals surface area (Å²) in [6, 6.07) is 15.9. The van der Waals surface area contributed by atoms with E-state index in [2.05, 4.69) is 4.98 Å². The monoisotopic (exact) mass is 307 g/mol. The van der Waals surface area contributed by atoms with Gasteiger partial charge in [0.2, 0.25) is 0 Å². The maximum absolute atomic E-state index is 5.92. The van der Waals surface area contributed by atoms with Crippen LogP contribution in [-0.4, -0.2) is 24.3 Å². The lowest BCUT2D eigenvalue weighted by molar-refractivity contribution is 0.263. The van der Waals surface area contributed by atoms with Crippen LogP contribution >= 0.6 is 0 Å². The zero-order valence-electron chi connectivity index (χ0n) is 12.9. The number of hydrogen-bond acceptors (Lipinski definition) is 4. The number of aromatic nitrogens is 1. The molecule has 1 aromatic heterocycles. The number of rotatable bonds is 5. The van der Waals surface area contributed by atoms with Crippen molar-refractivity contribution in [1.82, 2.24) is 4.98 Å². The van der Waals surface area contributed by atoms with Crippen LogP contribution in [0.4, 0.5) is 0 Å². The molecule has 4 nitrogen and oxygen atoms in total. The first-order valence-electron chi connectivity index (χ1n) is 7.66. The average molecular weight is 307 g/mol. The molecule has 1 unspecified atom stereocenters. The van der Waals surface area contributed by atoms with E-state index >= 15 is 0 Å². The highest BCUT2D eigenvalue weighted by Gasteiger charge is 2.23. The van der Waals surface area contributed by atoms with Gasteiger partial charge < -0.3 is 14.2 Å². The number of fused-ring (bicyclic) bond motifs is 1. The second-order valence-corrected chi connectivity index (χ2v) is 5.63. The normalized spacial score (nSPS) is 16.3. The van der Waals surface area contributed by atoms with Crippen molar-refractivity contribution in [2.45, 2.75) is 13.0 Å². The number of epoxide rings is 1. The Bertz CT molecular complexity index is 843. The number of nitrogens with zero attached hydrogens (tertiary/aromatic N) is 1. The van der Waals surface area contributed by atoms with E-state index in [0.717, 1.165) is 40.3 Å². The largest absolute Gasteiger partial charge is 0.491 e. The summed E-state index contributed by atoms with van der Waals surface area (Å²) in [6.07, 6.45) is 2.03. The van der Waals surface area contributed by atoms with Crippen molar-refractivity contribution in [3.63, 3.8) is 0 Å². The summed E-state index contributed by atoms with van der Waals surface area (Å²) in [5.41, 5.74) is 0.874. The fraction of sp³-hybridized carbons (Fsp3) is 0.211. The lowest BCUT2D eigenvalue weighted by atomic mass is 10.1. The second-order valence-electron chi connectivity index (χ2n) is 5.63. The Morgan fingerprint density at radius 2 is 1.83 bits per heavy atom. The minimum absolute atomic E-state index is 0.268. The van der Waals surface area contributed by atoms with Crippen molar-refractivity contribution in [2.75, 3.05) is 13.2 Å². The predicted molar refractivity (Wildman–Crippen MR) is 88.2 cm³/mol. The number of pyridine rings is 1. The maximum Gasteiger partial charge on any atom is 0.148 e. The molecule has 4 heteroatoms. The van der Waals surface area contributed by atoms with Crippen LogP contribution in [-0.2, 0) is 4.74 Å². The van der Waals surface area contributed by atoms with Crippen LogP contribution in [0.5, 0.6) is 17.2 Å². The summed E-state index contributed by atoms with van der Waals surface area (Å²) in [6.45, 7) is 3.36. The molecule has 1 aliphatic rings. The molecule has 116 valence electrons. The fourth-order valence-corrected chi connectivity index (χ4v) is 2.41. The first-order chi connectivity index (χ1) is 11.3. The van der Waals surface area contributed by atoms with Crippen molar-refractivity contribution in [2.24, 2.45) is 0 Å². The first-order valence-corrected chi connectivity index (χ1v) is 7.66. The third kappa shape index (κ3) is 3.27. The molecule has 23 heavy (non-hydrogen) atoms. The molecule has 1 fully saturated rings. The Labute approximate surface area is 134 Å². The van der Waals surface area contributed by atoms with Gasteiger partial charge in [-0.05, 0) is 54.1 Å². The van der Waals surface area contributed by atoms with E-state index < -0.39 is 0 Å². The van der Waals surface area contributed by atoms with Crippen molar-refractivity contribution in [3.8, 4) is 17.2 Å². The molecule has 2 heterocycles. The second kappa shape index (κ2) is 5.89. The molecule has 0 aliphatic carbocycles. The van der Waals surface area contributed by atoms with Crippen LogP contribution in [0.2, 0.25) is 0 Å². The molecule has 1 saturated heterocycles. The van der Waals surface area contributed by atoms with E-state index in [0.29, 0.717) is 6.61 Å². The van der Waals surface area contributed by atoms with Crippen LogP contribution in [0.25, 0.3) is 10.8 Å². The topological polar surface area (TPSA) is 43.9 Å². The summed E-state index contributed by atoms with van der Waals surface area (Å²) in [7, 11) is 0. The molecule has 4 rings (SSSR count). The van der Waals surface area contributed by atoms with Crippen LogP contribution in [0, 0.1) is 6.92 Å². The Kier molecular flexibility index (Phi) is 3.60. The molecule has 0 N–H and O–H groups in total. The number of aryl methyl sites for hydroxylation is 1. The van der Waals surface area contributed by atoms with E-state index in [1.807, 2.05) is 55.5 Å². The van der Waals surface area contributed by atoms with E-state index in [-0.39, 0.29) is 6.10 Å². The highest BCUT2D eigenvalue weighted by molar-refractivity contribution is 5.85. The van der Waals surface area contributed by atoms with Crippen LogP contribution in [0.3, 0.4) is 0 Å². The number of benzene rings is 2. The van der Waals surface area contributed by atoms with E-state index in [1.54, 1.807) is 6.20 Å². The zero-order chi connectivity index (χ0) is 15.6. The van der Waals surface area contributed by atoms with Gasteiger partial charge in [0.25, 0.3) is 0 Å². The Balaban J connectivity index is 1.55. The van der Waals surface area contributed by atoms with Gasteiger partial charge in [-0.15, -0.1) is 0 Å². The Morgan fingerprint density at radius 3 is 2.57 bits per heavy atom. The minimum Gasteiger partial charge on any atom is -0.491 e. The molecule has 3 aromatic rings. The Morgan fingerprint density at radius 1 is 1.09 bits per heavy atom. The first kappa shape index (κ1) is 14.0. The third-order valence-electron chi connectivity index (χ3n) is 3.81. The van der Waals surface area contributed by atoms with Crippen LogP contribution in [0.1, 0.15) is 5.69 Å². The van der Waals surface area contributed by atoms with E-state index in [9.17, 15) is 0 Å². The minimum atomic E-state index is 0.268. The summed E-state index contributed by atoms with van der Waals surface area (Å²) in [4.78, 5) is 4.24. The van der Waals surface area contributed by atoms with Crippen molar-refractivity contribution >= 4 is 10.8 Å². The lowest BCUT2D eigenvalue weighted by Gasteiger charge is -2.10. The van der Waals surface area contributed by atoms with Gasteiger partial charge >= 0.3 is 0 Å². The molecule has 1 aliphatic heterocycles. The van der Waals surface area contributed by atoms with E-state index in [4.69, 9.17) is 14.2 Å². The SMILES string of the molecule is Cc1ncccc1Oc1ccc2cc(OCC3CO3)ccc2c1. The summed E-state index contributed by atoms with van der Waals surface area (Å²) >= 11 is 0. The highest BCUT2D eigenvalue weighted by atomic mass is 16.6. The van der Waals surface area contributed by atoms with Crippen molar-refractivity contribution < 1.29 is 14.2 Å². The van der Waals surface area contributed by atoms with Gasteiger partial charge in [-0.1, -0.05) is 12.1 Å². The Hall–Kier alpha value is -2.59. The van der Waals surface area contributed by atoms with Gasteiger partial charge in [0, 0.05) is 6.20 Å². The van der Waals surface area contributed by atoms with Gasteiger partial charge in [-0.3, -0.25) is 4.98 Å². The van der Waals surface area contributed by atoms with E-state index in [1.165, 1.54) is 0 Å². The maximum atomic E-state index is 5.92. The standard InChI is InChI=1S/C19H17NO3/c1-13-19(3-2-8-20-13)23-17-7-5-14-9-16(6-4-15(14)10-17)21-11-18-12-22-18/h2-10,18H,11-12H2,1H3. The fourth-order valence-electron chi connectivity index (χ4n) is 2.41. The quantitative estimate of drug-likeness (QED) is 0.665. The smallest absolute Gasteiger partial charge is 0.148 e. The van der Waals surface area contributed by atoms with Gasteiger partial charge in [-0.25, -0.2) is 0 Å². The molecule has 1 atom stereocenters. The summed E-state index contributed by atoms with van der Waals surface area (Å²) in [5.74, 6) is 2.44. The predicted octanol–water partition coefficient (Wildman–Crippen LogP) is 4.11.